The summed E-state index contributed by atoms with van der Waals surface area (Å²) >= 11 is 0. The highest BCUT2D eigenvalue weighted by atomic mass is 19.1. The maximum absolute atomic E-state index is 13.0. The lowest BCUT2D eigenvalue weighted by Gasteiger charge is -1.98. The second kappa shape index (κ2) is 3.21. The average Bonchev–Trinajstić information content (AvgIpc) is 2.57. The van der Waals surface area contributed by atoms with Crippen LogP contribution in [0.5, 0.6) is 0 Å². The molecule has 0 aliphatic heterocycles. The molecular formula is C10H10FN3. The molecule has 2 rings (SSSR count). The summed E-state index contributed by atoms with van der Waals surface area (Å²) in [4.78, 5) is 4.09. The molecule has 0 N–H and O–H groups in total. The molecule has 0 saturated heterocycles. The molecule has 1 aromatic carbocycles. The van der Waals surface area contributed by atoms with Crippen molar-refractivity contribution >= 4 is 0 Å². The molecule has 0 aliphatic rings. The Morgan fingerprint density at radius 2 is 2.14 bits per heavy atom. The largest absolute Gasteiger partial charge is 0.255 e. The standard InChI is InChI=1S/C10H10FN3/c1-7-5-8(3-4-9(7)11)10-12-6-14(2)13-10/h3-6H,1-2H3. The van der Waals surface area contributed by atoms with Crippen LogP contribution in [-0.4, -0.2) is 14.8 Å². The fourth-order valence-electron chi connectivity index (χ4n) is 1.26. The van der Waals surface area contributed by atoms with E-state index in [2.05, 4.69) is 10.1 Å². The van der Waals surface area contributed by atoms with E-state index in [9.17, 15) is 4.39 Å². The van der Waals surface area contributed by atoms with E-state index < -0.39 is 0 Å². The predicted molar refractivity (Wildman–Crippen MR) is 51.1 cm³/mol. The summed E-state index contributed by atoms with van der Waals surface area (Å²) in [7, 11) is 1.80. The van der Waals surface area contributed by atoms with Gasteiger partial charge in [0.1, 0.15) is 12.1 Å². The van der Waals surface area contributed by atoms with Gasteiger partial charge in [0.15, 0.2) is 5.82 Å². The number of rotatable bonds is 1. The normalized spacial score (nSPS) is 10.5. The van der Waals surface area contributed by atoms with Gasteiger partial charge in [0.25, 0.3) is 0 Å². The first-order valence-electron chi connectivity index (χ1n) is 4.29. The number of benzene rings is 1. The summed E-state index contributed by atoms with van der Waals surface area (Å²) in [6.07, 6.45) is 1.62. The summed E-state index contributed by atoms with van der Waals surface area (Å²) in [5.74, 6) is 0.417. The molecular weight excluding hydrogens is 181 g/mol. The predicted octanol–water partition coefficient (Wildman–Crippen LogP) is 1.93. The van der Waals surface area contributed by atoms with Crippen LogP contribution in [0, 0.1) is 12.7 Å². The number of nitrogens with zero attached hydrogens (tertiary/aromatic N) is 3. The Morgan fingerprint density at radius 3 is 2.71 bits per heavy atom. The van der Waals surface area contributed by atoms with Gasteiger partial charge >= 0.3 is 0 Å². The van der Waals surface area contributed by atoms with E-state index >= 15 is 0 Å². The first-order valence-corrected chi connectivity index (χ1v) is 4.29. The molecule has 0 aliphatic carbocycles. The summed E-state index contributed by atoms with van der Waals surface area (Å²) in [6.45, 7) is 1.72. The van der Waals surface area contributed by atoms with Gasteiger partial charge in [0.2, 0.25) is 0 Å². The van der Waals surface area contributed by atoms with Gasteiger partial charge < -0.3 is 0 Å². The number of aromatic nitrogens is 3. The first-order chi connectivity index (χ1) is 6.66. The lowest BCUT2D eigenvalue weighted by atomic mass is 10.1. The van der Waals surface area contributed by atoms with Gasteiger partial charge in [-0.25, -0.2) is 9.37 Å². The summed E-state index contributed by atoms with van der Waals surface area (Å²) in [6, 6.07) is 4.85. The molecule has 0 amide bonds. The summed E-state index contributed by atoms with van der Waals surface area (Å²) in [5, 5.41) is 4.13. The van der Waals surface area contributed by atoms with Crippen LogP contribution in [0.3, 0.4) is 0 Å². The van der Waals surface area contributed by atoms with E-state index in [4.69, 9.17) is 0 Å². The Bertz CT molecular complexity index is 462. The Labute approximate surface area is 81.2 Å². The number of aryl methyl sites for hydroxylation is 2. The molecule has 72 valence electrons. The molecule has 0 bridgehead atoms. The monoisotopic (exact) mass is 191 g/mol. The van der Waals surface area contributed by atoms with Crippen molar-refractivity contribution in [2.75, 3.05) is 0 Å². The highest BCUT2D eigenvalue weighted by Gasteiger charge is 2.04. The van der Waals surface area contributed by atoms with Crippen molar-refractivity contribution in [2.45, 2.75) is 6.92 Å². The SMILES string of the molecule is Cc1cc(-c2ncn(C)n2)ccc1F. The maximum atomic E-state index is 13.0. The molecule has 0 fully saturated rings. The van der Waals surface area contributed by atoms with E-state index in [1.54, 1.807) is 37.1 Å². The van der Waals surface area contributed by atoms with Gasteiger partial charge in [-0.2, -0.15) is 5.10 Å². The second-order valence-corrected chi connectivity index (χ2v) is 3.21. The van der Waals surface area contributed by atoms with Crippen molar-refractivity contribution in [3.63, 3.8) is 0 Å². The fraction of sp³-hybridized carbons (Fsp3) is 0.200. The second-order valence-electron chi connectivity index (χ2n) is 3.21. The molecule has 0 spiro atoms. The number of halogens is 1. The van der Waals surface area contributed by atoms with Crippen molar-refractivity contribution in [2.24, 2.45) is 7.05 Å². The van der Waals surface area contributed by atoms with Crippen LogP contribution >= 0.6 is 0 Å². The quantitative estimate of drug-likeness (QED) is 0.689. The summed E-state index contributed by atoms with van der Waals surface area (Å²) in [5.41, 5.74) is 1.44. The molecule has 0 unspecified atom stereocenters. The van der Waals surface area contributed by atoms with Crippen molar-refractivity contribution in [3.05, 3.63) is 35.9 Å². The molecule has 1 heterocycles. The van der Waals surface area contributed by atoms with Gasteiger partial charge in [-0.15, -0.1) is 0 Å². The smallest absolute Gasteiger partial charge is 0.181 e. The van der Waals surface area contributed by atoms with Crippen LogP contribution in [0.4, 0.5) is 4.39 Å². The van der Waals surface area contributed by atoms with Gasteiger partial charge in [0, 0.05) is 12.6 Å². The minimum atomic E-state index is -0.204. The number of hydrogen-bond donors (Lipinski definition) is 0. The topological polar surface area (TPSA) is 30.7 Å². The minimum Gasteiger partial charge on any atom is -0.255 e. The molecule has 3 nitrogen and oxygen atoms in total. The van der Waals surface area contributed by atoms with E-state index in [0.717, 1.165) is 5.56 Å². The molecule has 14 heavy (non-hydrogen) atoms. The third kappa shape index (κ3) is 1.51. The maximum Gasteiger partial charge on any atom is 0.181 e. The highest BCUT2D eigenvalue weighted by Crippen LogP contribution is 2.17. The van der Waals surface area contributed by atoms with E-state index in [0.29, 0.717) is 11.4 Å². The lowest BCUT2D eigenvalue weighted by molar-refractivity contribution is 0.618. The summed E-state index contributed by atoms with van der Waals surface area (Å²) < 4.78 is 14.6. The Balaban J connectivity index is 2.47. The minimum absolute atomic E-state index is 0.204. The molecule has 0 atom stereocenters. The van der Waals surface area contributed by atoms with Crippen molar-refractivity contribution in [3.8, 4) is 11.4 Å². The van der Waals surface area contributed by atoms with Gasteiger partial charge in [-0.3, -0.25) is 4.68 Å². The van der Waals surface area contributed by atoms with Crippen molar-refractivity contribution in [1.82, 2.24) is 14.8 Å². The van der Waals surface area contributed by atoms with Gasteiger partial charge in [0.05, 0.1) is 0 Å². The Hall–Kier alpha value is -1.71. The zero-order valence-electron chi connectivity index (χ0n) is 8.03. The zero-order valence-corrected chi connectivity index (χ0v) is 8.03. The fourth-order valence-corrected chi connectivity index (χ4v) is 1.26. The van der Waals surface area contributed by atoms with Crippen LogP contribution in [0.25, 0.3) is 11.4 Å². The third-order valence-electron chi connectivity index (χ3n) is 2.02. The van der Waals surface area contributed by atoms with E-state index in [1.165, 1.54) is 6.07 Å². The van der Waals surface area contributed by atoms with Gasteiger partial charge in [-0.1, -0.05) is 0 Å². The van der Waals surface area contributed by atoms with Crippen LogP contribution in [0.2, 0.25) is 0 Å². The zero-order chi connectivity index (χ0) is 10.1. The highest BCUT2D eigenvalue weighted by molar-refractivity contribution is 5.55. The molecule has 0 saturated carbocycles. The first kappa shape index (κ1) is 8.87. The molecule has 4 heteroatoms. The third-order valence-corrected chi connectivity index (χ3v) is 2.02. The van der Waals surface area contributed by atoms with Crippen molar-refractivity contribution < 1.29 is 4.39 Å². The van der Waals surface area contributed by atoms with E-state index in [-0.39, 0.29) is 5.82 Å². The molecule has 0 radical (unpaired) electrons. The Kier molecular flexibility index (Phi) is 2.04. The van der Waals surface area contributed by atoms with Crippen LogP contribution in [0.1, 0.15) is 5.56 Å². The van der Waals surface area contributed by atoms with Crippen molar-refractivity contribution in [1.29, 1.82) is 0 Å². The molecule has 2 aromatic rings. The average molecular weight is 191 g/mol. The lowest BCUT2D eigenvalue weighted by Crippen LogP contribution is -1.89. The van der Waals surface area contributed by atoms with Crippen LogP contribution in [0.15, 0.2) is 24.5 Å². The number of hydrogen-bond acceptors (Lipinski definition) is 2. The molecule has 1 aromatic heterocycles. The van der Waals surface area contributed by atoms with Gasteiger partial charge in [-0.05, 0) is 30.7 Å². The Morgan fingerprint density at radius 1 is 1.36 bits per heavy atom. The van der Waals surface area contributed by atoms with E-state index in [1.807, 2.05) is 0 Å². The van der Waals surface area contributed by atoms with Crippen LogP contribution < -0.4 is 0 Å². The van der Waals surface area contributed by atoms with Crippen LogP contribution in [-0.2, 0) is 7.05 Å².